The zero-order valence-corrected chi connectivity index (χ0v) is 19.6. The highest BCUT2D eigenvalue weighted by atomic mass is 19.1. The molecule has 0 aliphatic carbocycles. The minimum atomic E-state index is -0.657. The maximum absolute atomic E-state index is 13.2. The SMILES string of the molecule is CC#CC(=O)N1CCCC(n2nc(-c3cnn(Cc4ccc(F)cc4)c3)c(C(N)=O)c2N)CCC1. The van der Waals surface area contributed by atoms with Crippen molar-refractivity contribution in [1.29, 1.82) is 0 Å². The molecule has 0 saturated carbocycles. The van der Waals surface area contributed by atoms with Crippen LogP contribution in [0.2, 0.25) is 0 Å². The van der Waals surface area contributed by atoms with Crippen LogP contribution in [0.1, 0.15) is 54.6 Å². The molecule has 10 heteroatoms. The van der Waals surface area contributed by atoms with Gasteiger partial charge >= 0.3 is 0 Å². The van der Waals surface area contributed by atoms with E-state index in [1.54, 1.807) is 45.7 Å². The molecular weight excluding hydrogens is 449 g/mol. The van der Waals surface area contributed by atoms with Crippen molar-refractivity contribution in [2.45, 2.75) is 45.2 Å². The zero-order chi connectivity index (χ0) is 24.9. The first-order valence-corrected chi connectivity index (χ1v) is 11.5. The number of rotatable bonds is 5. The number of anilines is 1. The maximum Gasteiger partial charge on any atom is 0.298 e. The Hall–Kier alpha value is -4.13. The molecular formula is C25H28FN7O2. The summed E-state index contributed by atoms with van der Waals surface area (Å²) < 4.78 is 16.6. The van der Waals surface area contributed by atoms with Crippen molar-refractivity contribution in [2.24, 2.45) is 5.73 Å². The van der Waals surface area contributed by atoms with E-state index in [1.807, 2.05) is 0 Å². The van der Waals surface area contributed by atoms with Crippen LogP contribution in [0.15, 0.2) is 36.7 Å². The Morgan fingerprint density at radius 1 is 1.17 bits per heavy atom. The van der Waals surface area contributed by atoms with E-state index >= 15 is 0 Å². The molecule has 182 valence electrons. The normalized spacial score (nSPS) is 14.6. The molecule has 2 aromatic heterocycles. The standard InChI is InChI=1S/C25H28FN7O2/c1-2-5-21(34)31-12-3-6-20(7-4-13-31)33-24(27)22(25(28)35)23(30-33)18-14-29-32(16-18)15-17-8-10-19(26)11-9-17/h8-11,14,16,20H,3-4,6-7,12-13,15,27H2,1H3,(H2,28,35). The molecule has 3 heterocycles. The third-order valence-electron chi connectivity index (χ3n) is 6.15. The molecule has 0 radical (unpaired) electrons. The van der Waals surface area contributed by atoms with E-state index in [0.29, 0.717) is 30.9 Å². The largest absolute Gasteiger partial charge is 0.383 e. The van der Waals surface area contributed by atoms with Gasteiger partial charge in [0, 0.05) is 24.8 Å². The van der Waals surface area contributed by atoms with Crippen LogP contribution in [0, 0.1) is 17.7 Å². The van der Waals surface area contributed by atoms with Crippen LogP contribution in [-0.4, -0.2) is 49.4 Å². The molecule has 9 nitrogen and oxygen atoms in total. The first-order valence-electron chi connectivity index (χ1n) is 11.5. The van der Waals surface area contributed by atoms with Crippen molar-refractivity contribution in [3.8, 4) is 23.1 Å². The predicted octanol–water partition coefficient (Wildman–Crippen LogP) is 2.58. The fourth-order valence-corrected chi connectivity index (χ4v) is 4.45. The van der Waals surface area contributed by atoms with Crippen LogP contribution in [0.3, 0.4) is 0 Å². The van der Waals surface area contributed by atoms with Gasteiger partial charge in [0.2, 0.25) is 0 Å². The Balaban J connectivity index is 1.55. The van der Waals surface area contributed by atoms with Crippen LogP contribution >= 0.6 is 0 Å². The molecule has 0 unspecified atom stereocenters. The molecule has 0 spiro atoms. The van der Waals surface area contributed by atoms with E-state index in [9.17, 15) is 14.0 Å². The van der Waals surface area contributed by atoms with Crippen molar-refractivity contribution in [3.63, 3.8) is 0 Å². The molecule has 0 bridgehead atoms. The number of nitrogens with two attached hydrogens (primary N) is 2. The number of amides is 2. The Morgan fingerprint density at radius 3 is 2.49 bits per heavy atom. The number of hydrogen-bond donors (Lipinski definition) is 2. The Morgan fingerprint density at radius 2 is 1.86 bits per heavy atom. The summed E-state index contributed by atoms with van der Waals surface area (Å²) in [5.41, 5.74) is 14.1. The van der Waals surface area contributed by atoms with Crippen molar-refractivity contribution >= 4 is 17.6 Å². The minimum absolute atomic E-state index is 0.0226. The van der Waals surface area contributed by atoms with E-state index in [0.717, 1.165) is 31.2 Å². The Bertz CT molecular complexity index is 1270. The third kappa shape index (κ3) is 5.35. The lowest BCUT2D eigenvalue weighted by atomic mass is 10.0. The van der Waals surface area contributed by atoms with Gasteiger partial charge in [-0.3, -0.25) is 14.3 Å². The zero-order valence-electron chi connectivity index (χ0n) is 19.6. The van der Waals surface area contributed by atoms with Gasteiger partial charge in [0.1, 0.15) is 22.9 Å². The van der Waals surface area contributed by atoms with E-state index in [-0.39, 0.29) is 29.1 Å². The van der Waals surface area contributed by atoms with E-state index in [2.05, 4.69) is 16.9 Å². The number of nitrogen functional groups attached to an aromatic ring is 1. The first kappa shape index (κ1) is 24.0. The smallest absolute Gasteiger partial charge is 0.298 e. The summed E-state index contributed by atoms with van der Waals surface area (Å²) in [5.74, 6) is 4.38. The Labute approximate surface area is 202 Å². The fraction of sp³-hybridized carbons (Fsp3) is 0.360. The monoisotopic (exact) mass is 477 g/mol. The predicted molar refractivity (Wildman–Crippen MR) is 129 cm³/mol. The topological polar surface area (TPSA) is 125 Å². The molecule has 3 aromatic rings. The van der Waals surface area contributed by atoms with Crippen LogP contribution in [0.5, 0.6) is 0 Å². The number of nitrogens with zero attached hydrogens (tertiary/aromatic N) is 5. The summed E-state index contributed by atoms with van der Waals surface area (Å²) in [6.07, 6.45) is 6.39. The van der Waals surface area contributed by atoms with E-state index in [4.69, 9.17) is 16.6 Å². The van der Waals surface area contributed by atoms with E-state index in [1.165, 1.54) is 12.1 Å². The lowest BCUT2D eigenvalue weighted by Gasteiger charge is -2.27. The summed E-state index contributed by atoms with van der Waals surface area (Å²) >= 11 is 0. The van der Waals surface area contributed by atoms with Gasteiger partial charge in [-0.05, 0) is 56.2 Å². The van der Waals surface area contributed by atoms with Gasteiger partial charge in [0.05, 0.1) is 18.8 Å². The number of halogens is 1. The van der Waals surface area contributed by atoms with Crippen molar-refractivity contribution in [1.82, 2.24) is 24.5 Å². The molecule has 1 aliphatic heterocycles. The number of aromatic nitrogens is 4. The quantitative estimate of drug-likeness (QED) is 0.547. The average molecular weight is 478 g/mol. The van der Waals surface area contributed by atoms with Gasteiger partial charge < -0.3 is 16.4 Å². The lowest BCUT2D eigenvalue weighted by Crippen LogP contribution is -2.34. The van der Waals surface area contributed by atoms with Gasteiger partial charge in [0.25, 0.3) is 11.8 Å². The third-order valence-corrected chi connectivity index (χ3v) is 6.15. The minimum Gasteiger partial charge on any atom is -0.383 e. The number of benzene rings is 1. The number of primary amides is 1. The number of carbonyl (C=O) groups excluding carboxylic acids is 2. The van der Waals surface area contributed by atoms with Crippen LogP contribution in [0.4, 0.5) is 10.2 Å². The molecule has 1 aliphatic rings. The second-order valence-electron chi connectivity index (χ2n) is 8.58. The first-order chi connectivity index (χ1) is 16.9. The van der Waals surface area contributed by atoms with Gasteiger partial charge in [-0.25, -0.2) is 9.07 Å². The molecule has 2 amide bonds. The van der Waals surface area contributed by atoms with Crippen LogP contribution in [0.25, 0.3) is 11.3 Å². The van der Waals surface area contributed by atoms with Crippen molar-refractivity contribution in [2.75, 3.05) is 18.8 Å². The summed E-state index contributed by atoms with van der Waals surface area (Å²) in [6, 6.07) is 6.15. The summed E-state index contributed by atoms with van der Waals surface area (Å²) in [7, 11) is 0. The lowest BCUT2D eigenvalue weighted by molar-refractivity contribution is -0.125. The molecule has 1 aromatic carbocycles. The molecule has 1 saturated heterocycles. The van der Waals surface area contributed by atoms with Gasteiger partial charge in [0.15, 0.2) is 0 Å². The molecule has 35 heavy (non-hydrogen) atoms. The summed E-state index contributed by atoms with van der Waals surface area (Å²) in [5, 5.41) is 9.06. The highest BCUT2D eigenvalue weighted by molar-refractivity contribution is 6.03. The second-order valence-corrected chi connectivity index (χ2v) is 8.58. The van der Waals surface area contributed by atoms with Crippen LogP contribution < -0.4 is 11.5 Å². The summed E-state index contributed by atoms with van der Waals surface area (Å²) in [4.78, 5) is 26.2. The maximum atomic E-state index is 13.2. The van der Waals surface area contributed by atoms with Gasteiger partial charge in [-0.2, -0.15) is 10.2 Å². The van der Waals surface area contributed by atoms with Crippen molar-refractivity contribution < 1.29 is 14.0 Å². The highest BCUT2D eigenvalue weighted by Crippen LogP contribution is 2.32. The number of likely N-dealkylation sites (tertiary alicyclic amines) is 1. The molecule has 1 fully saturated rings. The second kappa shape index (κ2) is 10.4. The molecule has 4 N–H and O–H groups in total. The number of carbonyl (C=O) groups is 2. The molecule has 4 rings (SSSR count). The molecule has 0 atom stereocenters. The Kier molecular flexibility index (Phi) is 7.15. The van der Waals surface area contributed by atoms with E-state index < -0.39 is 5.91 Å². The number of hydrogen-bond acceptors (Lipinski definition) is 5. The fourth-order valence-electron chi connectivity index (χ4n) is 4.45. The van der Waals surface area contributed by atoms with Gasteiger partial charge in [-0.1, -0.05) is 18.1 Å². The van der Waals surface area contributed by atoms with Crippen LogP contribution in [-0.2, 0) is 11.3 Å². The summed E-state index contributed by atoms with van der Waals surface area (Å²) in [6.45, 7) is 3.30. The average Bonchev–Trinajstić information content (AvgIpc) is 3.40. The van der Waals surface area contributed by atoms with Gasteiger partial charge in [-0.15, -0.1) is 0 Å². The van der Waals surface area contributed by atoms with Crippen molar-refractivity contribution in [3.05, 3.63) is 53.6 Å². The highest BCUT2D eigenvalue weighted by Gasteiger charge is 2.27.